The van der Waals surface area contributed by atoms with Crippen LogP contribution in [0.2, 0.25) is 5.02 Å². The van der Waals surface area contributed by atoms with Crippen LogP contribution < -0.4 is 9.47 Å². The van der Waals surface area contributed by atoms with Gasteiger partial charge in [-0.1, -0.05) is 23.7 Å². The maximum atomic E-state index is 10.8. The Balaban J connectivity index is 2.31. The molecule has 0 radical (unpaired) electrons. The van der Waals surface area contributed by atoms with Crippen molar-refractivity contribution in [2.75, 3.05) is 7.11 Å². The van der Waals surface area contributed by atoms with E-state index in [4.69, 9.17) is 26.2 Å². The second-order valence-corrected chi connectivity index (χ2v) is 4.11. The first-order valence-electron chi connectivity index (χ1n) is 5.45. The van der Waals surface area contributed by atoms with Crippen molar-refractivity contribution in [3.8, 4) is 17.2 Å². The van der Waals surface area contributed by atoms with E-state index in [9.17, 15) is 4.79 Å². The molecule has 98 valence electrons. The Labute approximate surface area is 115 Å². The molecule has 0 spiro atoms. The molecule has 0 atom stereocenters. The number of para-hydroxylation sites is 2. The summed E-state index contributed by atoms with van der Waals surface area (Å²) in [4.78, 5) is 10.8. The zero-order valence-corrected chi connectivity index (χ0v) is 10.8. The summed E-state index contributed by atoms with van der Waals surface area (Å²) in [5.74, 6) is 0.415. The van der Waals surface area contributed by atoms with Crippen molar-refractivity contribution in [1.82, 2.24) is 0 Å². The predicted octanol–water partition coefficient (Wildman–Crippen LogP) is 3.84. The number of halogens is 1. The van der Waals surface area contributed by atoms with Gasteiger partial charge in [-0.25, -0.2) is 4.79 Å². The third-order valence-electron chi connectivity index (χ3n) is 2.47. The topological polar surface area (TPSA) is 55.8 Å². The van der Waals surface area contributed by atoms with Gasteiger partial charge < -0.3 is 14.6 Å². The number of rotatable bonds is 4. The van der Waals surface area contributed by atoms with E-state index in [1.807, 2.05) is 6.07 Å². The van der Waals surface area contributed by atoms with Crippen LogP contribution in [0.5, 0.6) is 17.2 Å². The minimum Gasteiger partial charge on any atom is -0.493 e. The summed E-state index contributed by atoms with van der Waals surface area (Å²) in [6.07, 6.45) is 0. The number of hydrogen-bond donors (Lipinski definition) is 1. The lowest BCUT2D eigenvalue weighted by atomic mass is 10.2. The molecule has 0 amide bonds. The summed E-state index contributed by atoms with van der Waals surface area (Å²) in [6, 6.07) is 11.4. The highest BCUT2D eigenvalue weighted by atomic mass is 35.5. The van der Waals surface area contributed by atoms with Crippen molar-refractivity contribution in [1.29, 1.82) is 0 Å². The van der Waals surface area contributed by atoms with Gasteiger partial charge >= 0.3 is 5.97 Å². The van der Waals surface area contributed by atoms with Gasteiger partial charge in [-0.2, -0.15) is 0 Å². The molecule has 2 rings (SSSR count). The largest absolute Gasteiger partial charge is 0.493 e. The number of methoxy groups -OCH3 is 1. The first-order chi connectivity index (χ1) is 9.11. The zero-order valence-electron chi connectivity index (χ0n) is 10.1. The van der Waals surface area contributed by atoms with Crippen LogP contribution in [-0.4, -0.2) is 18.2 Å². The van der Waals surface area contributed by atoms with Crippen LogP contribution >= 0.6 is 11.6 Å². The summed E-state index contributed by atoms with van der Waals surface area (Å²) < 4.78 is 10.8. The Morgan fingerprint density at radius 1 is 1.11 bits per heavy atom. The molecule has 0 bridgehead atoms. The van der Waals surface area contributed by atoms with E-state index in [-0.39, 0.29) is 10.6 Å². The molecule has 0 saturated carbocycles. The van der Waals surface area contributed by atoms with Gasteiger partial charge in [0.05, 0.1) is 17.7 Å². The van der Waals surface area contributed by atoms with Gasteiger partial charge in [-0.3, -0.25) is 0 Å². The van der Waals surface area contributed by atoms with E-state index >= 15 is 0 Å². The molecule has 2 aromatic rings. The summed E-state index contributed by atoms with van der Waals surface area (Å²) in [5, 5.41) is 9.08. The number of ether oxygens (including phenoxy) is 2. The average Bonchev–Trinajstić information content (AvgIpc) is 2.41. The summed E-state index contributed by atoms with van der Waals surface area (Å²) in [6.45, 7) is 0. The van der Waals surface area contributed by atoms with Crippen LogP contribution in [0.25, 0.3) is 0 Å². The predicted molar refractivity (Wildman–Crippen MR) is 71.5 cm³/mol. The minimum absolute atomic E-state index is 0.109. The number of hydrogen-bond acceptors (Lipinski definition) is 3. The molecule has 0 aliphatic heterocycles. The first kappa shape index (κ1) is 13.2. The fourth-order valence-electron chi connectivity index (χ4n) is 1.54. The highest BCUT2D eigenvalue weighted by molar-refractivity contribution is 6.32. The van der Waals surface area contributed by atoms with Crippen LogP contribution in [0.4, 0.5) is 0 Å². The second kappa shape index (κ2) is 5.63. The molecule has 1 N–H and O–H groups in total. The van der Waals surface area contributed by atoms with Gasteiger partial charge in [-0.15, -0.1) is 0 Å². The smallest absolute Gasteiger partial charge is 0.335 e. The van der Waals surface area contributed by atoms with Gasteiger partial charge in [0, 0.05) is 0 Å². The van der Waals surface area contributed by atoms with Gasteiger partial charge in [0.15, 0.2) is 11.5 Å². The zero-order chi connectivity index (χ0) is 13.8. The molecule has 5 heteroatoms. The molecule has 4 nitrogen and oxygen atoms in total. The normalized spacial score (nSPS) is 10.0. The molecular weight excluding hydrogens is 268 g/mol. The maximum Gasteiger partial charge on any atom is 0.335 e. The van der Waals surface area contributed by atoms with E-state index in [2.05, 4.69) is 0 Å². The van der Waals surface area contributed by atoms with Crippen LogP contribution in [0, 0.1) is 0 Å². The highest BCUT2D eigenvalue weighted by Gasteiger charge is 2.10. The Morgan fingerprint density at radius 2 is 1.79 bits per heavy atom. The van der Waals surface area contributed by atoms with Crippen LogP contribution in [0.1, 0.15) is 10.4 Å². The van der Waals surface area contributed by atoms with Gasteiger partial charge in [0.2, 0.25) is 0 Å². The standard InChI is InChI=1S/C14H11ClO4/c1-18-12-4-2-3-5-13(12)19-11-7-6-9(14(16)17)8-10(11)15/h2-8H,1H3,(H,16,17). The lowest BCUT2D eigenvalue weighted by Crippen LogP contribution is -1.96. The fraction of sp³-hybridized carbons (Fsp3) is 0.0714. The summed E-state index contributed by atoms with van der Waals surface area (Å²) in [7, 11) is 1.54. The lowest BCUT2D eigenvalue weighted by molar-refractivity contribution is 0.0697. The molecular formula is C14H11ClO4. The second-order valence-electron chi connectivity index (χ2n) is 3.70. The third-order valence-corrected chi connectivity index (χ3v) is 2.76. The van der Waals surface area contributed by atoms with Gasteiger partial charge in [-0.05, 0) is 30.3 Å². The van der Waals surface area contributed by atoms with Crippen molar-refractivity contribution in [2.24, 2.45) is 0 Å². The number of aromatic carboxylic acids is 1. The molecule has 19 heavy (non-hydrogen) atoms. The van der Waals surface area contributed by atoms with E-state index in [0.29, 0.717) is 17.2 Å². The number of carboxylic acid groups (broad SMARTS) is 1. The van der Waals surface area contributed by atoms with Crippen LogP contribution in [-0.2, 0) is 0 Å². The monoisotopic (exact) mass is 278 g/mol. The first-order valence-corrected chi connectivity index (χ1v) is 5.83. The van der Waals surface area contributed by atoms with Crippen molar-refractivity contribution < 1.29 is 19.4 Å². The SMILES string of the molecule is COc1ccccc1Oc1ccc(C(=O)O)cc1Cl. The van der Waals surface area contributed by atoms with Gasteiger partial charge in [0.1, 0.15) is 5.75 Å². The fourth-order valence-corrected chi connectivity index (χ4v) is 1.76. The lowest BCUT2D eigenvalue weighted by Gasteiger charge is -2.11. The van der Waals surface area contributed by atoms with Crippen molar-refractivity contribution in [3.63, 3.8) is 0 Å². The number of carbonyl (C=O) groups is 1. The Kier molecular flexibility index (Phi) is 3.92. The average molecular weight is 279 g/mol. The Bertz CT molecular complexity index is 610. The molecule has 0 aliphatic carbocycles. The van der Waals surface area contributed by atoms with E-state index in [0.717, 1.165) is 0 Å². The molecule has 0 saturated heterocycles. The Hall–Kier alpha value is -2.20. The highest BCUT2D eigenvalue weighted by Crippen LogP contribution is 2.35. The molecule has 0 fully saturated rings. The maximum absolute atomic E-state index is 10.8. The van der Waals surface area contributed by atoms with Crippen molar-refractivity contribution in [2.45, 2.75) is 0 Å². The van der Waals surface area contributed by atoms with Crippen molar-refractivity contribution in [3.05, 3.63) is 53.1 Å². The minimum atomic E-state index is -1.04. The molecule has 2 aromatic carbocycles. The van der Waals surface area contributed by atoms with Gasteiger partial charge in [0.25, 0.3) is 0 Å². The summed E-state index contributed by atoms with van der Waals surface area (Å²) >= 11 is 5.99. The Morgan fingerprint density at radius 3 is 2.37 bits per heavy atom. The number of carboxylic acids is 1. The molecule has 0 aromatic heterocycles. The van der Waals surface area contributed by atoms with E-state index in [1.54, 1.807) is 18.2 Å². The summed E-state index contributed by atoms with van der Waals surface area (Å²) in [5.41, 5.74) is 0.109. The third kappa shape index (κ3) is 2.98. The molecule has 0 unspecified atom stereocenters. The van der Waals surface area contributed by atoms with Crippen LogP contribution in [0.3, 0.4) is 0 Å². The van der Waals surface area contributed by atoms with E-state index < -0.39 is 5.97 Å². The molecule has 0 heterocycles. The quantitative estimate of drug-likeness (QED) is 0.923. The molecule has 0 aliphatic rings. The van der Waals surface area contributed by atoms with Crippen LogP contribution in [0.15, 0.2) is 42.5 Å². The van der Waals surface area contributed by atoms with E-state index in [1.165, 1.54) is 25.3 Å². The number of benzene rings is 2. The van der Waals surface area contributed by atoms with Crippen molar-refractivity contribution >= 4 is 17.6 Å².